The first-order valence-corrected chi connectivity index (χ1v) is 25.1. The quantitative estimate of drug-likeness (QED) is 0.0456. The van der Waals surface area contributed by atoms with E-state index in [4.69, 9.17) is 9.47 Å². The topological polar surface area (TPSA) is 55.8 Å². The minimum atomic E-state index is 0.0218. The Morgan fingerprint density at radius 1 is 0.400 bits per heavy atom. The van der Waals surface area contributed by atoms with Crippen LogP contribution in [0, 0.1) is 17.8 Å². The van der Waals surface area contributed by atoms with Gasteiger partial charge in [-0.1, -0.05) is 195 Å². The molecule has 0 aromatic rings. The Balaban J connectivity index is 2.21. The predicted molar refractivity (Wildman–Crippen MR) is 238 cm³/mol. The molecule has 5 heteroatoms. The maximum Gasteiger partial charge on any atom is 0.305 e. The van der Waals surface area contributed by atoms with Gasteiger partial charge in [-0.15, -0.1) is 0 Å². The van der Waals surface area contributed by atoms with Crippen LogP contribution in [0.25, 0.3) is 0 Å². The first-order chi connectivity index (χ1) is 27.0. The van der Waals surface area contributed by atoms with Crippen molar-refractivity contribution in [1.82, 2.24) is 4.90 Å². The molecule has 0 aliphatic carbocycles. The summed E-state index contributed by atoms with van der Waals surface area (Å²) in [6, 6.07) is 0. The van der Waals surface area contributed by atoms with Crippen LogP contribution in [0.2, 0.25) is 0 Å². The second-order valence-corrected chi connectivity index (χ2v) is 17.9. The average Bonchev–Trinajstić information content (AvgIpc) is 3.70. The lowest BCUT2D eigenvalue weighted by Gasteiger charge is -2.20. The molecule has 1 saturated heterocycles. The molecule has 0 amide bonds. The van der Waals surface area contributed by atoms with Gasteiger partial charge in [0.2, 0.25) is 0 Å². The second kappa shape index (κ2) is 39.7. The van der Waals surface area contributed by atoms with Gasteiger partial charge in [0, 0.05) is 12.8 Å². The Hall–Kier alpha value is -1.10. The number of esters is 2. The Morgan fingerprint density at radius 3 is 1.09 bits per heavy atom. The Bertz CT molecular complexity index is 751. The third-order valence-electron chi connectivity index (χ3n) is 12.7. The van der Waals surface area contributed by atoms with Crippen LogP contribution in [0.15, 0.2) is 0 Å². The molecule has 5 nitrogen and oxygen atoms in total. The fourth-order valence-electron chi connectivity index (χ4n) is 8.93. The van der Waals surface area contributed by atoms with Crippen molar-refractivity contribution in [3.8, 4) is 0 Å². The molecule has 0 bridgehead atoms. The highest BCUT2D eigenvalue weighted by atomic mass is 16.5. The van der Waals surface area contributed by atoms with Gasteiger partial charge in [-0.3, -0.25) is 9.59 Å². The van der Waals surface area contributed by atoms with Crippen molar-refractivity contribution in [1.29, 1.82) is 0 Å². The van der Waals surface area contributed by atoms with Gasteiger partial charge in [0.05, 0.1) is 13.2 Å². The van der Waals surface area contributed by atoms with Crippen molar-refractivity contribution in [2.75, 3.05) is 32.8 Å². The summed E-state index contributed by atoms with van der Waals surface area (Å²) in [5.41, 5.74) is 0. The minimum Gasteiger partial charge on any atom is -0.466 e. The van der Waals surface area contributed by atoms with E-state index in [9.17, 15) is 9.59 Å². The molecule has 326 valence electrons. The van der Waals surface area contributed by atoms with Crippen molar-refractivity contribution >= 4 is 11.9 Å². The largest absolute Gasteiger partial charge is 0.466 e. The molecule has 0 spiro atoms. The summed E-state index contributed by atoms with van der Waals surface area (Å²) in [5, 5.41) is 0. The summed E-state index contributed by atoms with van der Waals surface area (Å²) in [5.74, 6) is 2.35. The molecule has 0 saturated carbocycles. The smallest absolute Gasteiger partial charge is 0.305 e. The molecule has 0 aromatic carbocycles. The van der Waals surface area contributed by atoms with Crippen molar-refractivity contribution in [3.05, 3.63) is 0 Å². The van der Waals surface area contributed by atoms with Gasteiger partial charge < -0.3 is 14.4 Å². The number of unbranched alkanes of at least 4 members (excludes halogenated alkanes) is 16. The molecule has 1 heterocycles. The van der Waals surface area contributed by atoms with Crippen molar-refractivity contribution < 1.29 is 19.1 Å². The summed E-state index contributed by atoms with van der Waals surface area (Å²) in [7, 11) is 0. The SMILES string of the molecule is CCCCCC(CCCCC)CCOC(=O)CCCCCCCC(CCCCCCCC(=O)OCCC(CCCCC)CCCCC)CCCN1CCCC1. The molecule has 0 aromatic heterocycles. The number of hydrogen-bond acceptors (Lipinski definition) is 5. The molecule has 1 aliphatic rings. The highest BCUT2D eigenvalue weighted by molar-refractivity contribution is 5.69. The van der Waals surface area contributed by atoms with Crippen LogP contribution in [0.5, 0.6) is 0 Å². The van der Waals surface area contributed by atoms with Crippen LogP contribution < -0.4 is 0 Å². The van der Waals surface area contributed by atoms with E-state index in [0.29, 0.717) is 26.1 Å². The zero-order valence-electron chi connectivity index (χ0n) is 37.8. The first kappa shape index (κ1) is 51.9. The van der Waals surface area contributed by atoms with Gasteiger partial charge in [-0.05, 0) is 88.8 Å². The number of rotatable bonds is 42. The molecule has 0 unspecified atom stereocenters. The highest BCUT2D eigenvalue weighted by Crippen LogP contribution is 2.25. The Labute approximate surface area is 344 Å². The number of nitrogens with zero attached hydrogens (tertiary/aromatic N) is 1. The average molecular weight is 776 g/mol. The summed E-state index contributed by atoms with van der Waals surface area (Å²) >= 11 is 0. The maximum atomic E-state index is 12.4. The molecule has 0 atom stereocenters. The van der Waals surface area contributed by atoms with Gasteiger partial charge in [0.25, 0.3) is 0 Å². The number of likely N-dealkylation sites (tertiary alicyclic amines) is 1. The van der Waals surface area contributed by atoms with E-state index < -0.39 is 0 Å². The van der Waals surface area contributed by atoms with E-state index in [-0.39, 0.29) is 11.9 Å². The standard InChI is InChI=1S/C50H97NO4/c1-5-9-19-30-47(31-20-10-6-2)39-44-54-49(52)37-25-17-13-15-23-34-46(36-29-43-51-41-27-28-42-51)35-24-16-14-18-26-38-50(53)55-45-40-48(32-21-11-7-3)33-22-12-8-4/h46-48H,5-45H2,1-4H3. The van der Waals surface area contributed by atoms with E-state index in [1.165, 1.54) is 199 Å². The van der Waals surface area contributed by atoms with Crippen molar-refractivity contribution in [2.45, 2.75) is 259 Å². The molecular weight excluding hydrogens is 679 g/mol. The Morgan fingerprint density at radius 2 is 0.709 bits per heavy atom. The first-order valence-electron chi connectivity index (χ1n) is 25.1. The highest BCUT2D eigenvalue weighted by Gasteiger charge is 2.15. The molecule has 1 rings (SSSR count). The van der Waals surface area contributed by atoms with Gasteiger partial charge in [0.1, 0.15) is 0 Å². The van der Waals surface area contributed by atoms with Crippen LogP contribution in [-0.2, 0) is 19.1 Å². The van der Waals surface area contributed by atoms with Crippen LogP contribution in [0.3, 0.4) is 0 Å². The van der Waals surface area contributed by atoms with E-state index in [0.717, 1.165) is 56.3 Å². The zero-order chi connectivity index (χ0) is 39.9. The molecule has 55 heavy (non-hydrogen) atoms. The number of carbonyl (C=O) groups is 2. The lowest BCUT2D eigenvalue weighted by molar-refractivity contribution is -0.145. The molecule has 1 fully saturated rings. The van der Waals surface area contributed by atoms with E-state index >= 15 is 0 Å². The predicted octanol–water partition coefficient (Wildman–Crippen LogP) is 15.4. The summed E-state index contributed by atoms with van der Waals surface area (Å²) < 4.78 is 11.4. The third-order valence-corrected chi connectivity index (χ3v) is 12.7. The molecule has 1 aliphatic heterocycles. The maximum absolute atomic E-state index is 12.4. The fourth-order valence-corrected chi connectivity index (χ4v) is 8.93. The lowest BCUT2D eigenvalue weighted by Crippen LogP contribution is -2.21. The summed E-state index contributed by atoms with van der Waals surface area (Å²) in [6.07, 6.45) is 44.4. The number of carbonyl (C=O) groups excluding carboxylic acids is 2. The summed E-state index contributed by atoms with van der Waals surface area (Å²) in [4.78, 5) is 27.5. The normalized spacial score (nSPS) is 13.5. The van der Waals surface area contributed by atoms with Crippen LogP contribution in [0.1, 0.15) is 259 Å². The molecule has 0 N–H and O–H groups in total. The second-order valence-electron chi connectivity index (χ2n) is 17.9. The van der Waals surface area contributed by atoms with Crippen LogP contribution in [0.4, 0.5) is 0 Å². The summed E-state index contributed by atoms with van der Waals surface area (Å²) in [6.45, 7) is 14.2. The number of hydrogen-bond donors (Lipinski definition) is 0. The third kappa shape index (κ3) is 33.6. The lowest BCUT2D eigenvalue weighted by atomic mass is 9.90. The van der Waals surface area contributed by atoms with Gasteiger partial charge >= 0.3 is 11.9 Å². The minimum absolute atomic E-state index is 0.0218. The van der Waals surface area contributed by atoms with Crippen LogP contribution >= 0.6 is 0 Å². The van der Waals surface area contributed by atoms with E-state index in [1.807, 2.05) is 0 Å². The van der Waals surface area contributed by atoms with Gasteiger partial charge in [-0.25, -0.2) is 0 Å². The van der Waals surface area contributed by atoms with Gasteiger partial charge in [-0.2, -0.15) is 0 Å². The van der Waals surface area contributed by atoms with E-state index in [1.54, 1.807) is 0 Å². The fraction of sp³-hybridized carbons (Fsp3) is 0.960. The molecule has 0 radical (unpaired) electrons. The van der Waals surface area contributed by atoms with E-state index in [2.05, 4.69) is 32.6 Å². The van der Waals surface area contributed by atoms with Crippen molar-refractivity contribution in [3.63, 3.8) is 0 Å². The van der Waals surface area contributed by atoms with Crippen molar-refractivity contribution in [2.24, 2.45) is 17.8 Å². The zero-order valence-corrected chi connectivity index (χ0v) is 37.8. The Kier molecular flexibility index (Phi) is 37.5. The van der Waals surface area contributed by atoms with Gasteiger partial charge in [0.15, 0.2) is 0 Å². The monoisotopic (exact) mass is 776 g/mol. The van der Waals surface area contributed by atoms with Crippen LogP contribution in [-0.4, -0.2) is 49.7 Å². The number of ether oxygens (including phenoxy) is 2. The molecular formula is C50H97NO4.